The number of benzene rings is 1. The van der Waals surface area contributed by atoms with Crippen LogP contribution in [-0.4, -0.2) is 11.5 Å². The highest BCUT2D eigenvalue weighted by Gasteiger charge is 2.29. The molecule has 4 nitrogen and oxygen atoms in total. The van der Waals surface area contributed by atoms with Crippen molar-refractivity contribution in [1.82, 2.24) is 0 Å². The van der Waals surface area contributed by atoms with Crippen molar-refractivity contribution in [3.63, 3.8) is 0 Å². The minimum atomic E-state index is -0.310. The van der Waals surface area contributed by atoms with E-state index in [1.165, 1.54) is 10.4 Å². The molecule has 2 aromatic rings. The SMILES string of the molecule is CC1c2ccsc2CCN1c1ccc(Br)cc1[N+](=O)[O-]. The second-order valence-corrected chi connectivity index (χ2v) is 6.72. The van der Waals surface area contributed by atoms with Crippen LogP contribution >= 0.6 is 27.3 Å². The number of hydrogen-bond donors (Lipinski definition) is 0. The third-order valence-electron chi connectivity index (χ3n) is 3.72. The molecule has 1 aromatic carbocycles. The van der Waals surface area contributed by atoms with Crippen LogP contribution in [0.5, 0.6) is 0 Å². The molecule has 0 aliphatic carbocycles. The summed E-state index contributed by atoms with van der Waals surface area (Å²) in [5.74, 6) is 0. The van der Waals surface area contributed by atoms with Gasteiger partial charge in [-0.2, -0.15) is 0 Å². The summed E-state index contributed by atoms with van der Waals surface area (Å²) in [6.45, 7) is 2.92. The van der Waals surface area contributed by atoms with Crippen molar-refractivity contribution in [3.05, 3.63) is 54.7 Å². The van der Waals surface area contributed by atoms with Crippen LogP contribution in [0.3, 0.4) is 0 Å². The Morgan fingerprint density at radius 1 is 1.45 bits per heavy atom. The zero-order valence-electron chi connectivity index (χ0n) is 10.9. The summed E-state index contributed by atoms with van der Waals surface area (Å²) < 4.78 is 0.730. The Kier molecular flexibility index (Phi) is 3.52. The van der Waals surface area contributed by atoms with E-state index >= 15 is 0 Å². The van der Waals surface area contributed by atoms with Crippen molar-refractivity contribution in [2.24, 2.45) is 0 Å². The number of thiophene rings is 1. The zero-order chi connectivity index (χ0) is 14.3. The lowest BCUT2D eigenvalue weighted by atomic mass is 10.0. The summed E-state index contributed by atoms with van der Waals surface area (Å²) in [6.07, 6.45) is 0.949. The minimum Gasteiger partial charge on any atom is -0.359 e. The molecular formula is C14H13BrN2O2S. The maximum Gasteiger partial charge on any atom is 0.293 e. The van der Waals surface area contributed by atoms with Gasteiger partial charge in [0.2, 0.25) is 0 Å². The number of nitro benzene ring substituents is 1. The Bertz CT molecular complexity index is 671. The van der Waals surface area contributed by atoms with Crippen LogP contribution in [-0.2, 0) is 6.42 Å². The molecule has 3 rings (SSSR count). The average molecular weight is 353 g/mol. The third kappa shape index (κ3) is 2.23. The largest absolute Gasteiger partial charge is 0.359 e. The van der Waals surface area contributed by atoms with E-state index in [9.17, 15) is 10.1 Å². The molecular weight excluding hydrogens is 340 g/mol. The summed E-state index contributed by atoms with van der Waals surface area (Å²) >= 11 is 5.07. The van der Waals surface area contributed by atoms with Crippen molar-refractivity contribution in [2.75, 3.05) is 11.4 Å². The normalized spacial score (nSPS) is 17.9. The predicted octanol–water partition coefficient (Wildman–Crippen LogP) is 4.54. The van der Waals surface area contributed by atoms with Crippen LogP contribution in [0, 0.1) is 10.1 Å². The van der Waals surface area contributed by atoms with Gasteiger partial charge < -0.3 is 4.90 Å². The Labute approximate surface area is 129 Å². The molecule has 0 N–H and O–H groups in total. The van der Waals surface area contributed by atoms with Crippen LogP contribution < -0.4 is 4.90 Å². The van der Waals surface area contributed by atoms with Crippen LogP contribution in [0.2, 0.25) is 0 Å². The first-order valence-corrected chi connectivity index (χ1v) is 8.02. The van der Waals surface area contributed by atoms with Crippen molar-refractivity contribution in [2.45, 2.75) is 19.4 Å². The zero-order valence-corrected chi connectivity index (χ0v) is 13.3. The minimum absolute atomic E-state index is 0.157. The topological polar surface area (TPSA) is 46.4 Å². The quantitative estimate of drug-likeness (QED) is 0.588. The van der Waals surface area contributed by atoms with Gasteiger partial charge in [-0.3, -0.25) is 10.1 Å². The van der Waals surface area contributed by atoms with E-state index in [0.717, 1.165) is 17.4 Å². The number of rotatable bonds is 2. The van der Waals surface area contributed by atoms with E-state index in [0.29, 0.717) is 5.69 Å². The van der Waals surface area contributed by atoms with Crippen molar-refractivity contribution >= 4 is 38.6 Å². The summed E-state index contributed by atoms with van der Waals surface area (Å²) in [4.78, 5) is 14.5. The van der Waals surface area contributed by atoms with Crippen LogP contribution in [0.1, 0.15) is 23.4 Å². The summed E-state index contributed by atoms with van der Waals surface area (Å²) in [5.41, 5.74) is 2.14. The first kappa shape index (κ1) is 13.6. The molecule has 0 amide bonds. The van der Waals surface area contributed by atoms with E-state index in [2.05, 4.69) is 39.2 Å². The van der Waals surface area contributed by atoms with Crippen LogP contribution in [0.15, 0.2) is 34.1 Å². The highest BCUT2D eigenvalue weighted by Crippen LogP contribution is 2.40. The monoisotopic (exact) mass is 352 g/mol. The maximum absolute atomic E-state index is 11.3. The highest BCUT2D eigenvalue weighted by atomic mass is 79.9. The predicted molar refractivity (Wildman–Crippen MR) is 84.6 cm³/mol. The summed E-state index contributed by atoms with van der Waals surface area (Å²) in [7, 11) is 0. The second-order valence-electron chi connectivity index (χ2n) is 4.81. The number of halogens is 1. The van der Waals surface area contributed by atoms with Crippen molar-refractivity contribution in [3.8, 4) is 0 Å². The van der Waals surface area contributed by atoms with Crippen molar-refractivity contribution in [1.29, 1.82) is 0 Å². The van der Waals surface area contributed by atoms with E-state index in [1.54, 1.807) is 17.4 Å². The van der Waals surface area contributed by atoms with E-state index in [-0.39, 0.29) is 16.7 Å². The third-order valence-corrected chi connectivity index (χ3v) is 5.21. The first-order valence-electron chi connectivity index (χ1n) is 6.35. The molecule has 0 saturated carbocycles. The van der Waals surface area contributed by atoms with E-state index < -0.39 is 0 Å². The fourth-order valence-electron chi connectivity index (χ4n) is 2.72. The Morgan fingerprint density at radius 2 is 2.25 bits per heavy atom. The standard InChI is InChI=1S/C14H13BrN2O2S/c1-9-11-5-7-20-14(11)4-6-16(9)12-3-2-10(15)8-13(12)17(18)19/h2-3,5,7-9H,4,6H2,1H3. The average Bonchev–Trinajstić information content (AvgIpc) is 2.89. The lowest BCUT2D eigenvalue weighted by Gasteiger charge is -2.35. The van der Waals surface area contributed by atoms with Crippen LogP contribution in [0.4, 0.5) is 11.4 Å². The number of anilines is 1. The molecule has 104 valence electrons. The van der Waals surface area contributed by atoms with Crippen molar-refractivity contribution < 1.29 is 4.92 Å². The number of fused-ring (bicyclic) bond motifs is 1. The molecule has 20 heavy (non-hydrogen) atoms. The van der Waals surface area contributed by atoms with Gasteiger partial charge in [-0.15, -0.1) is 11.3 Å². The smallest absolute Gasteiger partial charge is 0.293 e. The fourth-order valence-corrected chi connectivity index (χ4v) is 4.04. The van der Waals surface area contributed by atoms with Gasteiger partial charge in [0, 0.05) is 22.0 Å². The molecule has 6 heteroatoms. The second kappa shape index (κ2) is 5.18. The van der Waals surface area contributed by atoms with Gasteiger partial charge in [-0.1, -0.05) is 15.9 Å². The molecule has 0 spiro atoms. The molecule has 1 aromatic heterocycles. The number of nitrogens with zero attached hydrogens (tertiary/aromatic N) is 2. The lowest BCUT2D eigenvalue weighted by Crippen LogP contribution is -2.33. The molecule has 0 saturated heterocycles. The fraction of sp³-hybridized carbons (Fsp3) is 0.286. The maximum atomic E-state index is 11.3. The van der Waals surface area contributed by atoms with Gasteiger partial charge >= 0.3 is 0 Å². The van der Waals surface area contributed by atoms with Crippen LogP contribution in [0.25, 0.3) is 0 Å². The summed E-state index contributed by atoms with van der Waals surface area (Å²) in [5, 5.41) is 13.4. The Hall–Kier alpha value is -1.40. The number of nitro groups is 1. The lowest BCUT2D eigenvalue weighted by molar-refractivity contribution is -0.384. The first-order chi connectivity index (χ1) is 9.58. The molecule has 0 fully saturated rings. The van der Waals surface area contributed by atoms with E-state index in [1.807, 2.05) is 12.1 Å². The van der Waals surface area contributed by atoms with Gasteiger partial charge in [0.15, 0.2) is 0 Å². The highest BCUT2D eigenvalue weighted by molar-refractivity contribution is 9.10. The van der Waals surface area contributed by atoms with Gasteiger partial charge in [-0.05, 0) is 42.5 Å². The molecule has 2 heterocycles. The number of hydrogen-bond acceptors (Lipinski definition) is 4. The molecule has 1 atom stereocenters. The van der Waals surface area contributed by atoms with Gasteiger partial charge in [0.25, 0.3) is 5.69 Å². The van der Waals surface area contributed by atoms with Gasteiger partial charge in [0.1, 0.15) is 5.69 Å². The summed E-state index contributed by atoms with van der Waals surface area (Å²) in [6, 6.07) is 7.56. The molecule has 0 bridgehead atoms. The molecule has 1 unspecified atom stereocenters. The molecule has 0 radical (unpaired) electrons. The van der Waals surface area contributed by atoms with Gasteiger partial charge in [-0.25, -0.2) is 0 Å². The molecule has 1 aliphatic heterocycles. The Morgan fingerprint density at radius 3 is 3.00 bits per heavy atom. The molecule has 1 aliphatic rings. The van der Waals surface area contributed by atoms with E-state index in [4.69, 9.17) is 0 Å². The van der Waals surface area contributed by atoms with Gasteiger partial charge in [0.05, 0.1) is 11.0 Å². The Balaban J connectivity index is 2.04.